The number of halogens is 2. The lowest BCUT2D eigenvalue weighted by atomic mass is 10.1. The Hall–Kier alpha value is -2.05. The summed E-state index contributed by atoms with van der Waals surface area (Å²) in [6, 6.07) is 10.7. The van der Waals surface area contributed by atoms with Gasteiger partial charge in [0.15, 0.2) is 0 Å². The third kappa shape index (κ3) is 6.74. The highest BCUT2D eigenvalue weighted by atomic mass is 79.9. The van der Waals surface area contributed by atoms with E-state index in [0.717, 1.165) is 5.56 Å². The smallest absolute Gasteiger partial charge is 0.306 e. The first-order chi connectivity index (χ1) is 14.0. The largest absolute Gasteiger partial charge is 0.491 e. The molecule has 0 saturated carbocycles. The maximum Gasteiger partial charge on any atom is 0.306 e. The topological polar surface area (TPSA) is 55.8 Å². The highest BCUT2D eigenvalue weighted by Gasteiger charge is 2.20. The maximum absolute atomic E-state index is 13.0. The van der Waals surface area contributed by atoms with Crippen molar-refractivity contribution in [3.05, 3.63) is 57.0 Å². The molecule has 2 rings (SSSR count). The molecule has 0 unspecified atom stereocenters. The van der Waals surface area contributed by atoms with Gasteiger partial charge in [0.2, 0.25) is 0 Å². The lowest BCUT2D eigenvalue weighted by Gasteiger charge is -2.23. The zero-order chi connectivity index (χ0) is 22.5. The van der Waals surface area contributed by atoms with Crippen LogP contribution in [0, 0.1) is 6.92 Å². The Kier molecular flexibility index (Phi) is 8.33. The quantitative estimate of drug-likeness (QED) is 0.339. The van der Waals surface area contributed by atoms with Crippen LogP contribution in [0.25, 0.3) is 0 Å². The molecule has 0 aliphatic rings. The van der Waals surface area contributed by atoms with Gasteiger partial charge in [0, 0.05) is 23.5 Å². The fourth-order valence-corrected chi connectivity index (χ4v) is 3.39. The third-order valence-corrected chi connectivity index (χ3v) is 5.42. The molecule has 0 aromatic heterocycles. The molecule has 0 aliphatic carbocycles. The molecule has 5 nitrogen and oxygen atoms in total. The number of nitrogens with zero attached hydrogens (tertiary/aromatic N) is 1. The van der Waals surface area contributed by atoms with Gasteiger partial charge in [-0.15, -0.1) is 0 Å². The van der Waals surface area contributed by atoms with Crippen LogP contribution in [0.1, 0.15) is 49.5 Å². The highest BCUT2D eigenvalue weighted by Crippen LogP contribution is 2.33. The Bertz CT molecular complexity index is 924. The standard InChI is InChI=1S/C23H27BrClNO4/c1-15-8-6-9-19(29-13-7-10-20(27)30-23(2,3)4)21(15)26(5)22(28)16-11-12-18(25)17(24)14-16/h6,8-9,11-12,14H,7,10,13H2,1-5H3. The lowest BCUT2D eigenvalue weighted by Crippen LogP contribution is -2.27. The molecule has 162 valence electrons. The minimum absolute atomic E-state index is 0.180. The molecule has 0 saturated heterocycles. The number of carbonyl (C=O) groups is 2. The summed E-state index contributed by atoms with van der Waals surface area (Å²) < 4.78 is 11.9. The van der Waals surface area contributed by atoms with Gasteiger partial charge in [0.25, 0.3) is 5.91 Å². The predicted octanol–water partition coefficient (Wildman–Crippen LogP) is 6.19. The Morgan fingerprint density at radius 3 is 2.50 bits per heavy atom. The van der Waals surface area contributed by atoms with Crippen LogP contribution < -0.4 is 9.64 Å². The van der Waals surface area contributed by atoms with Gasteiger partial charge in [-0.3, -0.25) is 9.59 Å². The highest BCUT2D eigenvalue weighted by molar-refractivity contribution is 9.10. The van der Waals surface area contributed by atoms with Crippen LogP contribution in [0.15, 0.2) is 40.9 Å². The molecule has 0 heterocycles. The van der Waals surface area contributed by atoms with Gasteiger partial charge in [-0.05, 0) is 79.9 Å². The van der Waals surface area contributed by atoms with E-state index in [4.69, 9.17) is 21.1 Å². The van der Waals surface area contributed by atoms with Gasteiger partial charge in [0.1, 0.15) is 11.4 Å². The first-order valence-electron chi connectivity index (χ1n) is 9.67. The SMILES string of the molecule is Cc1cccc(OCCCC(=O)OC(C)(C)C)c1N(C)C(=O)c1ccc(Cl)c(Br)c1. The van der Waals surface area contributed by atoms with E-state index in [-0.39, 0.29) is 18.3 Å². The summed E-state index contributed by atoms with van der Waals surface area (Å²) in [5, 5.41) is 0.541. The monoisotopic (exact) mass is 495 g/mol. The molecule has 0 fully saturated rings. The molecule has 0 atom stereocenters. The normalized spacial score (nSPS) is 11.2. The molecular formula is C23H27BrClNO4. The van der Waals surface area contributed by atoms with E-state index in [1.807, 2.05) is 45.9 Å². The van der Waals surface area contributed by atoms with Crippen molar-refractivity contribution < 1.29 is 19.1 Å². The number of aryl methyl sites for hydroxylation is 1. The van der Waals surface area contributed by atoms with Crippen molar-refractivity contribution in [3.8, 4) is 5.75 Å². The van der Waals surface area contributed by atoms with E-state index in [1.54, 1.807) is 30.1 Å². The molecule has 0 spiro atoms. The molecule has 0 aliphatic heterocycles. The Labute approximate surface area is 191 Å². The number of para-hydroxylation sites is 1. The molecule has 7 heteroatoms. The molecule has 0 N–H and O–H groups in total. The number of ether oxygens (including phenoxy) is 2. The number of hydrogen-bond acceptors (Lipinski definition) is 4. The summed E-state index contributed by atoms with van der Waals surface area (Å²) >= 11 is 9.39. The number of rotatable bonds is 7. The Balaban J connectivity index is 2.09. The first-order valence-corrected chi connectivity index (χ1v) is 10.8. The zero-order valence-electron chi connectivity index (χ0n) is 17.9. The van der Waals surface area contributed by atoms with Crippen LogP contribution in [0.5, 0.6) is 5.75 Å². The van der Waals surface area contributed by atoms with Gasteiger partial charge in [-0.2, -0.15) is 0 Å². The summed E-state index contributed by atoms with van der Waals surface area (Å²) in [5.74, 6) is 0.152. The van der Waals surface area contributed by atoms with E-state index in [2.05, 4.69) is 15.9 Å². The van der Waals surface area contributed by atoms with Gasteiger partial charge in [-0.1, -0.05) is 23.7 Å². The number of hydrogen-bond donors (Lipinski definition) is 0. The third-order valence-electron chi connectivity index (χ3n) is 4.21. The van der Waals surface area contributed by atoms with Crippen LogP contribution in [0.4, 0.5) is 5.69 Å². The Morgan fingerprint density at radius 2 is 1.87 bits per heavy atom. The Morgan fingerprint density at radius 1 is 1.17 bits per heavy atom. The fraction of sp³-hybridized carbons (Fsp3) is 0.391. The van der Waals surface area contributed by atoms with Crippen molar-refractivity contribution in [1.82, 2.24) is 0 Å². The second-order valence-corrected chi connectivity index (χ2v) is 9.21. The molecule has 30 heavy (non-hydrogen) atoms. The van der Waals surface area contributed by atoms with Crippen molar-refractivity contribution >= 4 is 45.1 Å². The molecular weight excluding hydrogens is 470 g/mol. The first kappa shape index (κ1) is 24.2. The lowest BCUT2D eigenvalue weighted by molar-refractivity contribution is -0.155. The number of carbonyl (C=O) groups excluding carboxylic acids is 2. The van der Waals surface area contributed by atoms with Crippen molar-refractivity contribution in [1.29, 1.82) is 0 Å². The molecule has 2 aromatic carbocycles. The van der Waals surface area contributed by atoms with Crippen LogP contribution in [-0.4, -0.2) is 31.1 Å². The van der Waals surface area contributed by atoms with Gasteiger partial charge in [0.05, 0.1) is 17.3 Å². The minimum atomic E-state index is -0.499. The summed E-state index contributed by atoms with van der Waals surface area (Å²) in [6.45, 7) is 7.78. The maximum atomic E-state index is 13.0. The molecule has 1 amide bonds. The zero-order valence-corrected chi connectivity index (χ0v) is 20.3. The van der Waals surface area contributed by atoms with Gasteiger partial charge >= 0.3 is 5.97 Å². The number of amides is 1. The van der Waals surface area contributed by atoms with Crippen LogP contribution in [0.2, 0.25) is 5.02 Å². The van der Waals surface area contributed by atoms with Crippen LogP contribution in [-0.2, 0) is 9.53 Å². The fourth-order valence-electron chi connectivity index (χ4n) is 2.89. The summed E-state index contributed by atoms with van der Waals surface area (Å²) in [7, 11) is 1.71. The van der Waals surface area contributed by atoms with Crippen molar-refractivity contribution in [3.63, 3.8) is 0 Å². The average molecular weight is 497 g/mol. The second-order valence-electron chi connectivity index (χ2n) is 7.95. The summed E-state index contributed by atoms with van der Waals surface area (Å²) in [5.41, 5.74) is 1.60. The van der Waals surface area contributed by atoms with Gasteiger partial charge < -0.3 is 14.4 Å². The molecule has 2 aromatic rings. The molecule has 0 radical (unpaired) electrons. The summed E-state index contributed by atoms with van der Waals surface area (Å²) in [6.07, 6.45) is 0.788. The van der Waals surface area contributed by atoms with Crippen molar-refractivity contribution in [2.45, 2.75) is 46.1 Å². The van der Waals surface area contributed by atoms with E-state index < -0.39 is 5.60 Å². The van der Waals surface area contributed by atoms with Crippen molar-refractivity contribution in [2.75, 3.05) is 18.6 Å². The van der Waals surface area contributed by atoms with Crippen molar-refractivity contribution in [2.24, 2.45) is 0 Å². The number of esters is 1. The van der Waals surface area contributed by atoms with E-state index in [9.17, 15) is 9.59 Å². The average Bonchev–Trinajstić information content (AvgIpc) is 2.65. The van der Waals surface area contributed by atoms with Crippen LogP contribution >= 0.6 is 27.5 Å². The predicted molar refractivity (Wildman–Crippen MR) is 124 cm³/mol. The van der Waals surface area contributed by atoms with E-state index >= 15 is 0 Å². The van der Waals surface area contributed by atoms with Crippen LogP contribution in [0.3, 0.4) is 0 Å². The van der Waals surface area contributed by atoms with E-state index in [0.29, 0.717) is 39.5 Å². The van der Waals surface area contributed by atoms with E-state index in [1.165, 1.54) is 0 Å². The minimum Gasteiger partial charge on any atom is -0.491 e. The summed E-state index contributed by atoms with van der Waals surface area (Å²) in [4.78, 5) is 26.4. The molecule has 0 bridgehead atoms. The van der Waals surface area contributed by atoms with Gasteiger partial charge in [-0.25, -0.2) is 0 Å². The second kappa shape index (κ2) is 10.3. The number of anilines is 1. The number of benzene rings is 2.